The van der Waals surface area contributed by atoms with Crippen molar-refractivity contribution in [2.45, 2.75) is 37.6 Å². The maximum absolute atomic E-state index is 6.62. The minimum Gasteiger partial charge on any atom is -0.383 e. The lowest BCUT2D eigenvalue weighted by molar-refractivity contribution is -0.000190. The fourth-order valence-electron chi connectivity index (χ4n) is 6.85. The molecule has 5 heterocycles. The third-order valence-corrected chi connectivity index (χ3v) is 9.66. The molecule has 42 heavy (non-hydrogen) atoms. The number of nitrogen functional groups attached to an aromatic ring is 1. The zero-order valence-corrected chi connectivity index (χ0v) is 23.7. The number of anilines is 2. The average molecular weight is 558 g/mol. The Hall–Kier alpha value is -4.27. The van der Waals surface area contributed by atoms with Crippen molar-refractivity contribution in [2.24, 2.45) is 11.1 Å². The fraction of sp³-hybridized carbons (Fsp3) is 0.324. The Morgan fingerprint density at radius 1 is 0.786 bits per heavy atom. The molecule has 212 valence electrons. The van der Waals surface area contributed by atoms with Crippen molar-refractivity contribution < 1.29 is 4.74 Å². The smallest absolute Gasteiger partial charge is 0.165 e. The van der Waals surface area contributed by atoms with E-state index in [4.69, 9.17) is 26.2 Å². The number of pyridine rings is 2. The number of rotatable bonds is 5. The molecule has 1 aliphatic carbocycles. The number of nitrogens with two attached hydrogens (primary N) is 2. The van der Waals surface area contributed by atoms with E-state index >= 15 is 0 Å². The van der Waals surface area contributed by atoms with Gasteiger partial charge in [-0.3, -0.25) is 4.57 Å². The summed E-state index contributed by atoms with van der Waals surface area (Å²) in [4.78, 5) is 17.0. The van der Waals surface area contributed by atoms with Gasteiger partial charge in [-0.2, -0.15) is 0 Å². The van der Waals surface area contributed by atoms with Gasteiger partial charge in [-0.1, -0.05) is 24.3 Å². The lowest BCUT2D eigenvalue weighted by atomic mass is 9.73. The number of hydrogen-bond donors (Lipinski definition) is 2. The summed E-state index contributed by atoms with van der Waals surface area (Å²) in [5.74, 6) is 1.15. The molecule has 3 fully saturated rings. The maximum atomic E-state index is 6.62. The number of nitrogens with zero attached hydrogens (tertiary/aromatic N) is 5. The number of imidazole rings is 1. The second-order valence-electron chi connectivity index (χ2n) is 12.3. The first kappa shape index (κ1) is 25.4. The van der Waals surface area contributed by atoms with Crippen LogP contribution in [-0.2, 0) is 10.3 Å². The van der Waals surface area contributed by atoms with Crippen molar-refractivity contribution in [1.82, 2.24) is 19.5 Å². The van der Waals surface area contributed by atoms with Crippen molar-refractivity contribution in [2.75, 3.05) is 36.9 Å². The van der Waals surface area contributed by atoms with E-state index < -0.39 is 0 Å². The Labute approximate surface area is 245 Å². The van der Waals surface area contributed by atoms with E-state index in [-0.39, 0.29) is 5.54 Å². The van der Waals surface area contributed by atoms with Crippen LogP contribution in [0.3, 0.4) is 0 Å². The maximum Gasteiger partial charge on any atom is 0.165 e. The van der Waals surface area contributed by atoms with E-state index in [1.54, 1.807) is 6.20 Å². The van der Waals surface area contributed by atoms with Crippen LogP contribution in [0.1, 0.15) is 37.7 Å². The highest BCUT2D eigenvalue weighted by Crippen LogP contribution is 2.43. The molecule has 2 aromatic carbocycles. The first-order valence-corrected chi connectivity index (χ1v) is 14.9. The van der Waals surface area contributed by atoms with Crippen LogP contribution in [0.2, 0.25) is 0 Å². The molecule has 1 spiro atoms. The Kier molecular flexibility index (Phi) is 5.84. The summed E-state index contributed by atoms with van der Waals surface area (Å²) in [5, 5.41) is 0. The summed E-state index contributed by atoms with van der Waals surface area (Å²) in [6, 6.07) is 25.2. The van der Waals surface area contributed by atoms with E-state index in [9.17, 15) is 0 Å². The second kappa shape index (κ2) is 9.64. The van der Waals surface area contributed by atoms with Crippen LogP contribution in [-0.4, -0.2) is 45.8 Å². The zero-order valence-electron chi connectivity index (χ0n) is 23.7. The summed E-state index contributed by atoms with van der Waals surface area (Å²) in [6.45, 7) is 4.02. The molecule has 8 nitrogen and oxygen atoms in total. The predicted molar refractivity (Wildman–Crippen MR) is 166 cm³/mol. The highest BCUT2D eigenvalue weighted by molar-refractivity contribution is 5.84. The van der Waals surface area contributed by atoms with Gasteiger partial charge >= 0.3 is 0 Å². The molecule has 3 aromatic heterocycles. The average Bonchev–Trinajstić information content (AvgIpc) is 3.38. The molecule has 0 unspecified atom stereocenters. The summed E-state index contributed by atoms with van der Waals surface area (Å²) >= 11 is 0. The number of ether oxygens (including phenoxy) is 1. The van der Waals surface area contributed by atoms with Gasteiger partial charge in [-0.05, 0) is 86.2 Å². The third-order valence-electron chi connectivity index (χ3n) is 9.66. The van der Waals surface area contributed by atoms with Crippen LogP contribution in [0.25, 0.3) is 39.5 Å². The normalized spacial score (nSPS) is 19.0. The van der Waals surface area contributed by atoms with Crippen LogP contribution in [0.4, 0.5) is 11.5 Å². The van der Waals surface area contributed by atoms with Crippen molar-refractivity contribution in [3.63, 3.8) is 0 Å². The van der Waals surface area contributed by atoms with E-state index in [2.05, 4.69) is 63.0 Å². The Morgan fingerprint density at radius 2 is 1.52 bits per heavy atom. The summed E-state index contributed by atoms with van der Waals surface area (Å²) in [5.41, 5.74) is 20.9. The van der Waals surface area contributed by atoms with Crippen molar-refractivity contribution >= 4 is 22.7 Å². The molecule has 0 atom stereocenters. The number of benzene rings is 2. The first-order chi connectivity index (χ1) is 20.5. The van der Waals surface area contributed by atoms with Gasteiger partial charge in [-0.15, -0.1) is 0 Å². The van der Waals surface area contributed by atoms with Gasteiger partial charge in [0, 0.05) is 60.4 Å². The standard InChI is InChI=1S/C34H35N7O/c35-30-27(3-1-18-37-30)31-39-29-13-12-28(23-4-8-25(9-5-23)40-21-33(22-40)16-19-42-20-17-33)38-32(29)41(31)26-10-6-24(7-11-26)34(36)14-2-15-34/h1,3-13,18H,2,14-17,19-22,36H2,(H2,35,37). The molecule has 4 N–H and O–H groups in total. The molecule has 1 saturated carbocycles. The molecule has 2 saturated heterocycles. The van der Waals surface area contributed by atoms with Crippen LogP contribution < -0.4 is 16.4 Å². The monoisotopic (exact) mass is 557 g/mol. The molecule has 5 aromatic rings. The summed E-state index contributed by atoms with van der Waals surface area (Å²) in [6.07, 6.45) is 7.26. The SMILES string of the molecule is Nc1ncccc1-c1nc2ccc(-c3ccc(N4CC5(CCOCC5)C4)cc3)nc2n1-c1ccc(C2(N)CCC2)cc1. The van der Waals surface area contributed by atoms with Gasteiger partial charge < -0.3 is 21.1 Å². The van der Waals surface area contributed by atoms with E-state index in [1.165, 1.54) is 30.5 Å². The van der Waals surface area contributed by atoms with Crippen LogP contribution in [0.15, 0.2) is 79.0 Å². The fourth-order valence-corrected chi connectivity index (χ4v) is 6.85. The van der Waals surface area contributed by atoms with Gasteiger partial charge in [0.15, 0.2) is 11.5 Å². The quantitative estimate of drug-likeness (QED) is 0.286. The molecule has 3 aliphatic rings. The second-order valence-corrected chi connectivity index (χ2v) is 12.3. The molecule has 0 amide bonds. The molecule has 2 aliphatic heterocycles. The highest BCUT2D eigenvalue weighted by atomic mass is 16.5. The van der Waals surface area contributed by atoms with Gasteiger partial charge in [0.1, 0.15) is 11.3 Å². The van der Waals surface area contributed by atoms with Gasteiger partial charge in [0.2, 0.25) is 0 Å². The summed E-state index contributed by atoms with van der Waals surface area (Å²) in [7, 11) is 0. The molecule has 8 heteroatoms. The minimum atomic E-state index is -0.217. The van der Waals surface area contributed by atoms with Crippen LogP contribution in [0.5, 0.6) is 0 Å². The van der Waals surface area contributed by atoms with Crippen LogP contribution in [0, 0.1) is 5.41 Å². The van der Waals surface area contributed by atoms with Gasteiger partial charge in [0.25, 0.3) is 0 Å². The largest absolute Gasteiger partial charge is 0.383 e. The number of aromatic nitrogens is 4. The lowest BCUT2D eigenvalue weighted by Crippen LogP contribution is -2.58. The van der Waals surface area contributed by atoms with Crippen molar-refractivity contribution in [3.8, 4) is 28.3 Å². The first-order valence-electron chi connectivity index (χ1n) is 14.9. The van der Waals surface area contributed by atoms with Gasteiger partial charge in [-0.25, -0.2) is 15.0 Å². The molecular formula is C34H35N7O. The number of fused-ring (bicyclic) bond motifs is 1. The molecule has 0 bridgehead atoms. The van der Waals surface area contributed by atoms with Crippen molar-refractivity contribution in [1.29, 1.82) is 0 Å². The molecule has 8 rings (SSSR count). The van der Waals surface area contributed by atoms with E-state index in [1.807, 2.05) is 24.3 Å². The predicted octanol–water partition coefficient (Wildman–Crippen LogP) is 5.69. The molecular weight excluding hydrogens is 522 g/mol. The topological polar surface area (TPSA) is 108 Å². The zero-order chi connectivity index (χ0) is 28.3. The van der Waals surface area contributed by atoms with E-state index in [0.29, 0.717) is 17.1 Å². The summed E-state index contributed by atoms with van der Waals surface area (Å²) < 4.78 is 7.67. The Balaban J connectivity index is 1.16. The lowest BCUT2D eigenvalue weighted by Gasteiger charge is -2.53. The highest BCUT2D eigenvalue weighted by Gasteiger charge is 2.43. The Morgan fingerprint density at radius 3 is 2.21 bits per heavy atom. The van der Waals surface area contributed by atoms with Crippen molar-refractivity contribution in [3.05, 3.63) is 84.6 Å². The van der Waals surface area contributed by atoms with Crippen LogP contribution >= 0.6 is 0 Å². The number of hydrogen-bond acceptors (Lipinski definition) is 7. The molecule has 0 radical (unpaired) electrons. The van der Waals surface area contributed by atoms with Gasteiger partial charge in [0.05, 0.1) is 11.3 Å². The minimum absolute atomic E-state index is 0.217. The van der Waals surface area contributed by atoms with E-state index in [0.717, 1.165) is 72.8 Å². The Bertz CT molecular complexity index is 1760. The third kappa shape index (κ3) is 4.16.